The van der Waals surface area contributed by atoms with E-state index >= 15 is 0 Å². The van der Waals surface area contributed by atoms with Crippen LogP contribution in [0.15, 0.2) is 35.3 Å². The zero-order valence-electron chi connectivity index (χ0n) is 9.86. The lowest BCUT2D eigenvalue weighted by Crippen LogP contribution is -2.17. The SMILES string of the molecule is C/C=C/c1cccc(/N=C(\C)N(C)C)c1. The summed E-state index contributed by atoms with van der Waals surface area (Å²) in [6, 6.07) is 8.19. The maximum absolute atomic E-state index is 4.51. The van der Waals surface area contributed by atoms with E-state index in [0.29, 0.717) is 0 Å². The summed E-state index contributed by atoms with van der Waals surface area (Å²) in [5.74, 6) is 1.01. The molecule has 0 aliphatic heterocycles. The molecule has 15 heavy (non-hydrogen) atoms. The third-order valence-corrected chi connectivity index (χ3v) is 2.17. The highest BCUT2D eigenvalue weighted by Crippen LogP contribution is 2.15. The summed E-state index contributed by atoms with van der Waals surface area (Å²) in [6.07, 6.45) is 4.10. The van der Waals surface area contributed by atoms with E-state index in [4.69, 9.17) is 0 Å². The summed E-state index contributed by atoms with van der Waals surface area (Å²) < 4.78 is 0. The van der Waals surface area contributed by atoms with Crippen LogP contribution in [0.3, 0.4) is 0 Å². The molecule has 1 aromatic rings. The van der Waals surface area contributed by atoms with Gasteiger partial charge in [0, 0.05) is 14.1 Å². The minimum Gasteiger partial charge on any atom is -0.366 e. The summed E-state index contributed by atoms with van der Waals surface area (Å²) in [5, 5.41) is 0. The summed E-state index contributed by atoms with van der Waals surface area (Å²) >= 11 is 0. The molecule has 0 aliphatic rings. The van der Waals surface area contributed by atoms with Crippen LogP contribution in [0.1, 0.15) is 19.4 Å². The zero-order valence-corrected chi connectivity index (χ0v) is 9.86. The quantitative estimate of drug-likeness (QED) is 0.530. The van der Waals surface area contributed by atoms with Crippen molar-refractivity contribution in [3.8, 4) is 0 Å². The van der Waals surface area contributed by atoms with Crippen molar-refractivity contribution >= 4 is 17.6 Å². The Morgan fingerprint density at radius 1 is 1.33 bits per heavy atom. The normalized spacial score (nSPS) is 12.1. The van der Waals surface area contributed by atoms with Crippen molar-refractivity contribution in [2.24, 2.45) is 4.99 Å². The molecule has 1 aromatic carbocycles. The number of aliphatic imine (C=N–C) groups is 1. The molecule has 2 nitrogen and oxygen atoms in total. The fourth-order valence-corrected chi connectivity index (χ4v) is 1.18. The van der Waals surface area contributed by atoms with Gasteiger partial charge in [0.05, 0.1) is 5.69 Å². The first-order valence-corrected chi connectivity index (χ1v) is 5.09. The average molecular weight is 202 g/mol. The van der Waals surface area contributed by atoms with Gasteiger partial charge < -0.3 is 4.90 Å². The molecule has 0 heterocycles. The van der Waals surface area contributed by atoms with E-state index in [9.17, 15) is 0 Å². The maximum Gasteiger partial charge on any atom is 0.101 e. The van der Waals surface area contributed by atoms with Crippen LogP contribution in [0.4, 0.5) is 5.69 Å². The number of nitrogens with zero attached hydrogens (tertiary/aromatic N) is 2. The average Bonchev–Trinajstić information content (AvgIpc) is 2.18. The second kappa shape index (κ2) is 5.35. The summed E-state index contributed by atoms with van der Waals surface area (Å²) in [6.45, 7) is 4.02. The van der Waals surface area contributed by atoms with Crippen LogP contribution in [0.2, 0.25) is 0 Å². The number of rotatable bonds is 2. The van der Waals surface area contributed by atoms with Crippen LogP contribution < -0.4 is 0 Å². The molecule has 0 atom stereocenters. The van der Waals surface area contributed by atoms with Crippen molar-refractivity contribution in [2.45, 2.75) is 13.8 Å². The predicted molar refractivity (Wildman–Crippen MR) is 67.6 cm³/mol. The van der Waals surface area contributed by atoms with E-state index in [-0.39, 0.29) is 0 Å². The smallest absolute Gasteiger partial charge is 0.101 e. The van der Waals surface area contributed by atoms with Gasteiger partial charge in [0.1, 0.15) is 5.84 Å². The molecule has 0 amide bonds. The van der Waals surface area contributed by atoms with Crippen molar-refractivity contribution in [3.05, 3.63) is 35.9 Å². The molecule has 2 heteroatoms. The highest BCUT2D eigenvalue weighted by atomic mass is 15.1. The fraction of sp³-hybridized carbons (Fsp3) is 0.308. The van der Waals surface area contributed by atoms with E-state index in [1.165, 1.54) is 5.56 Å². The Labute approximate surface area is 92.0 Å². The van der Waals surface area contributed by atoms with E-state index < -0.39 is 0 Å². The van der Waals surface area contributed by atoms with Crippen molar-refractivity contribution in [1.29, 1.82) is 0 Å². The monoisotopic (exact) mass is 202 g/mol. The Morgan fingerprint density at radius 2 is 2.07 bits per heavy atom. The molecule has 1 rings (SSSR count). The highest BCUT2D eigenvalue weighted by Gasteiger charge is 1.95. The largest absolute Gasteiger partial charge is 0.366 e. The van der Waals surface area contributed by atoms with E-state index in [1.807, 2.05) is 51.1 Å². The number of amidine groups is 1. The molecule has 0 bridgehead atoms. The fourth-order valence-electron chi connectivity index (χ4n) is 1.18. The first-order valence-electron chi connectivity index (χ1n) is 5.09. The van der Waals surface area contributed by atoms with E-state index in [2.05, 4.69) is 23.2 Å². The Hall–Kier alpha value is -1.57. The maximum atomic E-state index is 4.51. The van der Waals surface area contributed by atoms with Gasteiger partial charge in [-0.25, -0.2) is 4.99 Å². The van der Waals surface area contributed by atoms with Gasteiger partial charge in [0.25, 0.3) is 0 Å². The van der Waals surface area contributed by atoms with Crippen LogP contribution in [-0.4, -0.2) is 24.8 Å². The van der Waals surface area contributed by atoms with Crippen molar-refractivity contribution in [1.82, 2.24) is 4.90 Å². The third-order valence-electron chi connectivity index (χ3n) is 2.17. The van der Waals surface area contributed by atoms with Gasteiger partial charge in [-0.05, 0) is 31.5 Å². The van der Waals surface area contributed by atoms with Crippen molar-refractivity contribution < 1.29 is 0 Å². The van der Waals surface area contributed by atoms with E-state index in [1.54, 1.807) is 0 Å². The number of hydrogen-bond acceptors (Lipinski definition) is 1. The minimum absolute atomic E-state index is 0.997. The van der Waals surface area contributed by atoms with Crippen LogP contribution in [-0.2, 0) is 0 Å². The van der Waals surface area contributed by atoms with Crippen LogP contribution in [0, 0.1) is 0 Å². The Kier molecular flexibility index (Phi) is 4.10. The van der Waals surface area contributed by atoms with Crippen LogP contribution in [0.25, 0.3) is 6.08 Å². The lowest BCUT2D eigenvalue weighted by atomic mass is 10.2. The zero-order chi connectivity index (χ0) is 11.3. The van der Waals surface area contributed by atoms with Crippen LogP contribution >= 0.6 is 0 Å². The lowest BCUT2D eigenvalue weighted by molar-refractivity contribution is 0.619. The summed E-state index contributed by atoms with van der Waals surface area (Å²) in [7, 11) is 3.99. The van der Waals surface area contributed by atoms with E-state index in [0.717, 1.165) is 11.5 Å². The molecule has 0 unspecified atom stereocenters. The summed E-state index contributed by atoms with van der Waals surface area (Å²) in [4.78, 5) is 6.51. The molecule has 0 spiro atoms. The van der Waals surface area contributed by atoms with Gasteiger partial charge in [-0.15, -0.1) is 0 Å². The second-order valence-corrected chi connectivity index (χ2v) is 3.65. The third kappa shape index (κ3) is 3.58. The topological polar surface area (TPSA) is 15.6 Å². The standard InChI is InChI=1S/C13H18N2/c1-5-7-12-8-6-9-13(10-12)14-11(2)15(3)4/h5-10H,1-4H3/b7-5+,14-11+. The molecule has 0 aliphatic carbocycles. The molecular formula is C13H18N2. The molecule has 0 aromatic heterocycles. The lowest BCUT2D eigenvalue weighted by Gasteiger charge is -2.10. The van der Waals surface area contributed by atoms with Gasteiger partial charge in [-0.2, -0.15) is 0 Å². The highest BCUT2D eigenvalue weighted by molar-refractivity contribution is 5.82. The van der Waals surface area contributed by atoms with Crippen molar-refractivity contribution in [3.63, 3.8) is 0 Å². The van der Waals surface area contributed by atoms with Crippen molar-refractivity contribution in [2.75, 3.05) is 14.1 Å². The van der Waals surface area contributed by atoms with Gasteiger partial charge in [0.15, 0.2) is 0 Å². The number of benzene rings is 1. The first-order chi connectivity index (χ1) is 7.13. The Balaban J connectivity index is 2.96. The van der Waals surface area contributed by atoms with Crippen LogP contribution in [0.5, 0.6) is 0 Å². The molecule has 0 saturated heterocycles. The van der Waals surface area contributed by atoms with Gasteiger partial charge in [-0.1, -0.05) is 24.3 Å². The van der Waals surface area contributed by atoms with Gasteiger partial charge >= 0.3 is 0 Å². The van der Waals surface area contributed by atoms with Gasteiger partial charge in [-0.3, -0.25) is 0 Å². The predicted octanol–water partition coefficient (Wildman–Crippen LogP) is 3.33. The van der Waals surface area contributed by atoms with Gasteiger partial charge in [0.2, 0.25) is 0 Å². The number of allylic oxidation sites excluding steroid dienone is 1. The molecule has 0 N–H and O–H groups in total. The second-order valence-electron chi connectivity index (χ2n) is 3.65. The molecule has 0 saturated carbocycles. The minimum atomic E-state index is 0.997. The molecule has 0 fully saturated rings. The molecular weight excluding hydrogens is 184 g/mol. The molecule has 0 radical (unpaired) electrons. The Bertz CT molecular complexity index is 376. The Morgan fingerprint density at radius 3 is 2.67 bits per heavy atom. The first kappa shape index (κ1) is 11.5. The molecule has 80 valence electrons. The summed E-state index contributed by atoms with van der Waals surface area (Å²) in [5.41, 5.74) is 2.18. The number of hydrogen-bond donors (Lipinski definition) is 0.